The molecule has 21 heavy (non-hydrogen) atoms. The number of aromatic nitrogens is 1. The van der Waals surface area contributed by atoms with E-state index in [0.29, 0.717) is 6.54 Å². The molecule has 0 unspecified atom stereocenters. The SMILES string of the molecule is COc1ccc2[nH]c(C)c(C(=O)C[NH+]3CCSCC3)c2c1. The molecule has 2 heterocycles. The quantitative estimate of drug-likeness (QED) is 0.837. The maximum absolute atomic E-state index is 12.7. The molecule has 2 N–H and O–H groups in total. The number of methoxy groups -OCH3 is 1. The van der Waals surface area contributed by atoms with Crippen LogP contribution < -0.4 is 9.64 Å². The first-order valence-electron chi connectivity index (χ1n) is 7.30. The fourth-order valence-electron chi connectivity index (χ4n) is 2.94. The van der Waals surface area contributed by atoms with Crippen molar-refractivity contribution in [3.8, 4) is 5.75 Å². The third-order valence-corrected chi connectivity index (χ3v) is 5.07. The van der Waals surface area contributed by atoms with Crippen molar-refractivity contribution in [1.29, 1.82) is 0 Å². The first-order valence-corrected chi connectivity index (χ1v) is 8.45. The molecule has 0 saturated carbocycles. The lowest BCUT2D eigenvalue weighted by Crippen LogP contribution is -3.14. The van der Waals surface area contributed by atoms with E-state index in [1.54, 1.807) is 7.11 Å². The highest BCUT2D eigenvalue weighted by atomic mass is 32.2. The molecule has 1 aliphatic heterocycles. The third-order valence-electron chi connectivity index (χ3n) is 4.08. The second kappa shape index (κ2) is 6.12. The molecule has 0 bridgehead atoms. The molecule has 112 valence electrons. The minimum atomic E-state index is 0.230. The normalized spacial score (nSPS) is 16.3. The zero-order valence-corrected chi connectivity index (χ0v) is 13.3. The number of ether oxygens (including phenoxy) is 1. The standard InChI is InChI=1S/C16H20N2O2S/c1-11-16(15(19)10-18-5-7-21-8-6-18)13-9-12(20-2)3-4-14(13)17-11/h3-4,9,17H,5-8,10H2,1-2H3/p+1. The molecular formula is C16H21N2O2S+. The highest BCUT2D eigenvalue weighted by molar-refractivity contribution is 7.99. The maximum atomic E-state index is 12.7. The number of quaternary nitrogens is 1. The van der Waals surface area contributed by atoms with Crippen LogP contribution in [0.3, 0.4) is 0 Å². The van der Waals surface area contributed by atoms with E-state index in [1.165, 1.54) is 4.90 Å². The number of hydrogen-bond acceptors (Lipinski definition) is 3. The number of thioether (sulfide) groups is 1. The monoisotopic (exact) mass is 305 g/mol. The molecule has 0 atom stereocenters. The summed E-state index contributed by atoms with van der Waals surface area (Å²) in [4.78, 5) is 17.4. The van der Waals surface area contributed by atoms with Crippen LogP contribution in [-0.2, 0) is 0 Å². The number of fused-ring (bicyclic) bond motifs is 1. The number of carbonyl (C=O) groups excluding carboxylic acids is 1. The molecule has 1 aromatic heterocycles. The van der Waals surface area contributed by atoms with Crippen molar-refractivity contribution in [3.05, 3.63) is 29.5 Å². The van der Waals surface area contributed by atoms with Crippen LogP contribution in [0, 0.1) is 6.92 Å². The van der Waals surface area contributed by atoms with Crippen LogP contribution in [0.25, 0.3) is 10.9 Å². The van der Waals surface area contributed by atoms with Crippen molar-refractivity contribution in [1.82, 2.24) is 4.98 Å². The molecule has 4 nitrogen and oxygen atoms in total. The summed E-state index contributed by atoms with van der Waals surface area (Å²) in [6, 6.07) is 5.84. The van der Waals surface area contributed by atoms with Gasteiger partial charge in [0.25, 0.3) is 0 Å². The zero-order chi connectivity index (χ0) is 14.8. The first kappa shape index (κ1) is 14.5. The summed E-state index contributed by atoms with van der Waals surface area (Å²) >= 11 is 1.98. The van der Waals surface area contributed by atoms with E-state index in [-0.39, 0.29) is 5.78 Å². The number of aromatic amines is 1. The lowest BCUT2D eigenvalue weighted by Gasteiger charge is -2.22. The summed E-state index contributed by atoms with van der Waals surface area (Å²) in [5.74, 6) is 3.33. The maximum Gasteiger partial charge on any atom is 0.219 e. The Bertz CT molecular complexity index is 660. The van der Waals surface area contributed by atoms with Crippen LogP contribution in [-0.4, -0.2) is 49.0 Å². The van der Waals surface area contributed by atoms with Crippen LogP contribution in [0.1, 0.15) is 16.1 Å². The molecular weight excluding hydrogens is 284 g/mol. The van der Waals surface area contributed by atoms with Gasteiger partial charge in [-0.1, -0.05) is 0 Å². The van der Waals surface area contributed by atoms with Gasteiger partial charge in [0, 0.05) is 28.1 Å². The highest BCUT2D eigenvalue weighted by Crippen LogP contribution is 2.26. The van der Waals surface area contributed by atoms with Gasteiger partial charge in [0.2, 0.25) is 5.78 Å². The first-order chi connectivity index (χ1) is 10.2. The molecule has 1 fully saturated rings. The molecule has 2 aromatic rings. The van der Waals surface area contributed by atoms with Crippen molar-refractivity contribution in [2.75, 3.05) is 38.2 Å². The Morgan fingerprint density at radius 3 is 2.86 bits per heavy atom. The number of ketones is 1. The van der Waals surface area contributed by atoms with Gasteiger partial charge in [-0.25, -0.2) is 0 Å². The number of rotatable bonds is 4. The summed E-state index contributed by atoms with van der Waals surface area (Å²) in [6.07, 6.45) is 0. The Balaban J connectivity index is 1.90. The molecule has 0 amide bonds. The lowest BCUT2D eigenvalue weighted by molar-refractivity contribution is -0.887. The van der Waals surface area contributed by atoms with Gasteiger partial charge in [0.05, 0.1) is 25.8 Å². The molecule has 0 aliphatic carbocycles. The highest BCUT2D eigenvalue weighted by Gasteiger charge is 2.22. The topological polar surface area (TPSA) is 46.5 Å². The molecule has 5 heteroatoms. The van der Waals surface area contributed by atoms with Gasteiger partial charge in [-0.2, -0.15) is 11.8 Å². The molecule has 1 saturated heterocycles. The smallest absolute Gasteiger partial charge is 0.219 e. The second-order valence-corrected chi connectivity index (χ2v) is 6.72. The van der Waals surface area contributed by atoms with E-state index < -0.39 is 0 Å². The Morgan fingerprint density at radius 2 is 2.14 bits per heavy atom. The molecule has 3 rings (SSSR count). The van der Waals surface area contributed by atoms with Gasteiger partial charge in [0.1, 0.15) is 12.3 Å². The zero-order valence-electron chi connectivity index (χ0n) is 12.5. The average molecular weight is 305 g/mol. The van der Waals surface area contributed by atoms with Gasteiger partial charge in [-0.05, 0) is 25.1 Å². The summed E-state index contributed by atoms with van der Waals surface area (Å²) in [5.41, 5.74) is 2.78. The second-order valence-electron chi connectivity index (χ2n) is 5.50. The van der Waals surface area contributed by atoms with Crippen LogP contribution >= 0.6 is 11.8 Å². The number of H-pyrrole nitrogens is 1. The van der Waals surface area contributed by atoms with E-state index in [2.05, 4.69) is 4.98 Å². The molecule has 0 radical (unpaired) electrons. The van der Waals surface area contributed by atoms with Crippen LogP contribution in [0.5, 0.6) is 5.75 Å². The number of Topliss-reactive ketones (excluding diaryl/α,β-unsaturated/α-hetero) is 1. The van der Waals surface area contributed by atoms with Crippen molar-refractivity contribution >= 4 is 28.4 Å². The number of hydrogen-bond donors (Lipinski definition) is 2. The van der Waals surface area contributed by atoms with Crippen molar-refractivity contribution in [2.45, 2.75) is 6.92 Å². The molecule has 0 spiro atoms. The molecule has 1 aromatic carbocycles. The van der Waals surface area contributed by atoms with E-state index >= 15 is 0 Å². The predicted octanol–water partition coefficient (Wildman–Crippen LogP) is 1.30. The van der Waals surface area contributed by atoms with E-state index in [9.17, 15) is 4.79 Å². The summed E-state index contributed by atoms with van der Waals surface area (Å²) < 4.78 is 5.28. The Labute approximate surface area is 128 Å². The lowest BCUT2D eigenvalue weighted by atomic mass is 10.1. The van der Waals surface area contributed by atoms with Crippen LogP contribution in [0.2, 0.25) is 0 Å². The Morgan fingerprint density at radius 1 is 1.38 bits per heavy atom. The van der Waals surface area contributed by atoms with Crippen molar-refractivity contribution in [2.24, 2.45) is 0 Å². The Hall–Kier alpha value is -1.46. The average Bonchev–Trinajstić information content (AvgIpc) is 2.83. The summed E-state index contributed by atoms with van der Waals surface area (Å²) in [6.45, 7) is 4.73. The van der Waals surface area contributed by atoms with E-state index in [4.69, 9.17) is 4.74 Å². The minimum Gasteiger partial charge on any atom is -0.497 e. The number of benzene rings is 1. The van der Waals surface area contributed by atoms with Crippen molar-refractivity contribution in [3.63, 3.8) is 0 Å². The van der Waals surface area contributed by atoms with Crippen LogP contribution in [0.4, 0.5) is 0 Å². The number of carbonyl (C=O) groups is 1. The fourth-order valence-corrected chi connectivity index (χ4v) is 4.01. The van der Waals surface area contributed by atoms with Gasteiger partial charge >= 0.3 is 0 Å². The van der Waals surface area contributed by atoms with Gasteiger partial charge < -0.3 is 14.6 Å². The molecule has 1 aliphatic rings. The summed E-state index contributed by atoms with van der Waals surface area (Å²) in [7, 11) is 1.65. The van der Waals surface area contributed by atoms with E-state index in [0.717, 1.165) is 52.5 Å². The van der Waals surface area contributed by atoms with Crippen LogP contribution in [0.15, 0.2) is 18.2 Å². The summed E-state index contributed by atoms with van der Waals surface area (Å²) in [5, 5.41) is 0.975. The Kier molecular flexibility index (Phi) is 4.22. The minimum absolute atomic E-state index is 0.230. The fraction of sp³-hybridized carbons (Fsp3) is 0.438. The van der Waals surface area contributed by atoms with Crippen molar-refractivity contribution < 1.29 is 14.4 Å². The number of nitrogens with one attached hydrogen (secondary N) is 2. The predicted molar refractivity (Wildman–Crippen MR) is 86.8 cm³/mol. The van der Waals surface area contributed by atoms with E-state index in [1.807, 2.05) is 36.9 Å². The van der Waals surface area contributed by atoms with Gasteiger partial charge in [0.15, 0.2) is 0 Å². The van der Waals surface area contributed by atoms with Gasteiger partial charge in [-0.15, -0.1) is 0 Å². The van der Waals surface area contributed by atoms with Gasteiger partial charge in [-0.3, -0.25) is 4.79 Å². The third kappa shape index (κ3) is 2.94. The largest absolute Gasteiger partial charge is 0.497 e. The number of aryl methyl sites for hydroxylation is 1.